The number of alkyl halides is 3. The second-order valence-corrected chi connectivity index (χ2v) is 10.4. The van der Waals surface area contributed by atoms with Gasteiger partial charge in [-0.05, 0) is 42.7 Å². The maximum absolute atomic E-state index is 13.4. The lowest BCUT2D eigenvalue weighted by Gasteiger charge is -2.43. The van der Waals surface area contributed by atoms with Gasteiger partial charge in [0.05, 0.1) is 6.61 Å². The van der Waals surface area contributed by atoms with Crippen LogP contribution in [0.25, 0.3) is 0 Å². The Morgan fingerprint density at radius 2 is 1.90 bits per heavy atom. The zero-order chi connectivity index (χ0) is 28.0. The molecule has 0 N–H and O–H groups in total. The predicted molar refractivity (Wildman–Crippen MR) is 140 cm³/mol. The molecule has 2 amide bonds. The van der Waals surface area contributed by atoms with E-state index < -0.39 is 17.3 Å². The van der Waals surface area contributed by atoms with E-state index in [1.165, 1.54) is 0 Å². The number of halogens is 4. The van der Waals surface area contributed by atoms with Gasteiger partial charge in [-0.25, -0.2) is 0 Å². The van der Waals surface area contributed by atoms with Crippen molar-refractivity contribution in [2.45, 2.75) is 38.5 Å². The Hall–Kier alpha value is -3.53. The molecule has 208 valence electrons. The number of amides is 2. The van der Waals surface area contributed by atoms with Crippen molar-refractivity contribution in [3.05, 3.63) is 83.1 Å². The van der Waals surface area contributed by atoms with E-state index in [2.05, 4.69) is 5.10 Å². The van der Waals surface area contributed by atoms with Crippen LogP contribution < -0.4 is 4.74 Å². The number of nitrogens with zero attached hydrogens (tertiary/aromatic N) is 4. The molecule has 11 heteroatoms. The van der Waals surface area contributed by atoms with Gasteiger partial charge < -0.3 is 14.5 Å². The lowest BCUT2D eigenvalue weighted by molar-refractivity contribution is -0.143. The zero-order valence-corrected chi connectivity index (χ0v) is 22.3. The molecule has 2 aromatic carbocycles. The number of carbonyl (C=O) groups excluding carboxylic acids is 2. The van der Waals surface area contributed by atoms with Crippen molar-refractivity contribution in [1.29, 1.82) is 0 Å². The van der Waals surface area contributed by atoms with Gasteiger partial charge in [-0.1, -0.05) is 48.0 Å². The van der Waals surface area contributed by atoms with Gasteiger partial charge in [0.2, 0.25) is 11.8 Å². The van der Waals surface area contributed by atoms with Crippen LogP contribution in [-0.4, -0.2) is 58.1 Å². The summed E-state index contributed by atoms with van der Waals surface area (Å²) in [5, 5.41) is 4.01. The minimum absolute atomic E-state index is 0.0928. The Balaban J connectivity index is 1.49. The largest absolute Gasteiger partial charge is 0.493 e. The predicted octanol–water partition coefficient (Wildman–Crippen LogP) is 5.29. The topological polar surface area (TPSA) is 67.7 Å². The van der Waals surface area contributed by atoms with Crippen molar-refractivity contribution in [2.75, 3.05) is 26.7 Å². The molecule has 0 saturated carbocycles. The third-order valence-electron chi connectivity index (χ3n) is 6.80. The molecule has 1 aliphatic rings. The highest BCUT2D eigenvalue weighted by molar-refractivity contribution is 6.30. The van der Waals surface area contributed by atoms with Gasteiger partial charge in [0.1, 0.15) is 12.3 Å². The molecule has 1 atom stereocenters. The Bertz CT molecular complexity index is 1280. The summed E-state index contributed by atoms with van der Waals surface area (Å²) < 4.78 is 45.9. The molecule has 1 aliphatic heterocycles. The van der Waals surface area contributed by atoms with Crippen molar-refractivity contribution in [1.82, 2.24) is 19.6 Å². The lowest BCUT2D eigenvalue weighted by Crippen LogP contribution is -2.51. The van der Waals surface area contributed by atoms with Gasteiger partial charge in [-0.3, -0.25) is 14.3 Å². The SMILES string of the molecule is CN(Cc1ccccc1)C(=O)C[C@@]1(COc2cccc(Cl)c2)CCCN(C(=O)Cn2ccc(C(F)(F)F)n2)C1. The van der Waals surface area contributed by atoms with E-state index in [0.717, 1.165) is 22.5 Å². The normalized spacial score (nSPS) is 17.6. The molecule has 0 aliphatic carbocycles. The second kappa shape index (κ2) is 12.1. The fraction of sp³-hybridized carbons (Fsp3) is 0.393. The number of carbonyl (C=O) groups is 2. The van der Waals surface area contributed by atoms with E-state index in [9.17, 15) is 22.8 Å². The van der Waals surface area contributed by atoms with Crippen LogP contribution >= 0.6 is 11.6 Å². The molecule has 0 radical (unpaired) electrons. The first-order chi connectivity index (χ1) is 18.5. The van der Waals surface area contributed by atoms with Crippen LogP contribution in [0, 0.1) is 5.41 Å². The average Bonchev–Trinajstić information content (AvgIpc) is 3.37. The second-order valence-electron chi connectivity index (χ2n) is 9.97. The Labute approximate surface area is 230 Å². The molecule has 7 nitrogen and oxygen atoms in total. The molecule has 3 aromatic rings. The minimum Gasteiger partial charge on any atom is -0.493 e. The summed E-state index contributed by atoms with van der Waals surface area (Å²) in [6, 6.07) is 17.4. The Kier molecular flexibility index (Phi) is 8.84. The molecular formula is C28H30ClF3N4O3. The van der Waals surface area contributed by atoms with Crippen LogP contribution in [0.1, 0.15) is 30.5 Å². The van der Waals surface area contributed by atoms with E-state index in [1.807, 2.05) is 30.3 Å². The summed E-state index contributed by atoms with van der Waals surface area (Å²) in [5.74, 6) is 0.0834. The van der Waals surface area contributed by atoms with Crippen LogP contribution in [-0.2, 0) is 28.9 Å². The third-order valence-corrected chi connectivity index (χ3v) is 7.03. The van der Waals surface area contributed by atoms with Crippen molar-refractivity contribution >= 4 is 23.4 Å². The molecule has 0 unspecified atom stereocenters. The molecule has 1 fully saturated rings. The number of benzene rings is 2. The summed E-state index contributed by atoms with van der Waals surface area (Å²) in [4.78, 5) is 29.7. The van der Waals surface area contributed by atoms with Crippen molar-refractivity contribution in [3.63, 3.8) is 0 Å². The molecule has 2 heterocycles. The fourth-order valence-electron chi connectivity index (χ4n) is 4.77. The fourth-order valence-corrected chi connectivity index (χ4v) is 4.95. The summed E-state index contributed by atoms with van der Waals surface area (Å²) in [7, 11) is 1.74. The number of piperidine rings is 1. The first-order valence-electron chi connectivity index (χ1n) is 12.6. The first-order valence-corrected chi connectivity index (χ1v) is 13.0. The van der Waals surface area contributed by atoms with E-state index in [0.29, 0.717) is 36.7 Å². The smallest absolute Gasteiger partial charge is 0.435 e. The van der Waals surface area contributed by atoms with Crippen LogP contribution in [0.4, 0.5) is 13.2 Å². The Morgan fingerprint density at radius 3 is 2.59 bits per heavy atom. The van der Waals surface area contributed by atoms with E-state index in [-0.39, 0.29) is 37.9 Å². The Morgan fingerprint density at radius 1 is 1.13 bits per heavy atom. The number of ether oxygens (including phenoxy) is 1. The number of hydrogen-bond acceptors (Lipinski definition) is 4. The zero-order valence-electron chi connectivity index (χ0n) is 21.5. The average molecular weight is 563 g/mol. The van der Waals surface area contributed by atoms with E-state index in [4.69, 9.17) is 16.3 Å². The summed E-state index contributed by atoms with van der Waals surface area (Å²) in [6.07, 6.45) is -2.04. The number of hydrogen-bond donors (Lipinski definition) is 0. The van der Waals surface area contributed by atoms with Gasteiger partial charge in [0.25, 0.3) is 0 Å². The summed E-state index contributed by atoms with van der Waals surface area (Å²) in [6.45, 7) is 0.934. The maximum atomic E-state index is 13.4. The van der Waals surface area contributed by atoms with Crippen molar-refractivity contribution in [2.24, 2.45) is 5.41 Å². The van der Waals surface area contributed by atoms with Crippen LogP contribution in [0.2, 0.25) is 5.02 Å². The molecule has 1 aromatic heterocycles. The molecular weight excluding hydrogens is 533 g/mol. The van der Waals surface area contributed by atoms with Crippen LogP contribution in [0.15, 0.2) is 66.9 Å². The number of likely N-dealkylation sites (tertiary alicyclic amines) is 1. The third kappa shape index (κ3) is 7.75. The molecule has 1 saturated heterocycles. The van der Waals surface area contributed by atoms with Gasteiger partial charge in [-0.2, -0.15) is 18.3 Å². The maximum Gasteiger partial charge on any atom is 0.435 e. The highest BCUT2D eigenvalue weighted by atomic mass is 35.5. The van der Waals surface area contributed by atoms with Gasteiger partial charge in [0, 0.05) is 49.7 Å². The lowest BCUT2D eigenvalue weighted by atomic mass is 9.77. The monoisotopic (exact) mass is 562 g/mol. The number of aromatic nitrogens is 2. The van der Waals surface area contributed by atoms with Crippen molar-refractivity contribution in [3.8, 4) is 5.75 Å². The molecule has 4 rings (SSSR count). The highest BCUT2D eigenvalue weighted by Gasteiger charge is 2.41. The minimum atomic E-state index is -4.58. The standard InChI is InChI=1S/C28H30ClF3N4O3/c1-34(17-21-7-3-2-4-8-21)25(37)16-27(20-39-23-10-5-9-22(29)15-23)12-6-13-35(19-27)26(38)18-36-14-11-24(33-36)28(30,31)32/h2-5,7-11,14-15H,6,12-13,16-20H2,1H3/t27-/m0/s1. The van der Waals surface area contributed by atoms with Gasteiger partial charge in [-0.15, -0.1) is 0 Å². The van der Waals surface area contributed by atoms with Crippen LogP contribution in [0.5, 0.6) is 5.75 Å². The van der Waals surface area contributed by atoms with Crippen LogP contribution in [0.3, 0.4) is 0 Å². The van der Waals surface area contributed by atoms with Crippen molar-refractivity contribution < 1.29 is 27.5 Å². The number of rotatable bonds is 9. The van der Waals surface area contributed by atoms with Gasteiger partial charge >= 0.3 is 6.18 Å². The molecule has 0 bridgehead atoms. The summed E-state index contributed by atoms with van der Waals surface area (Å²) in [5.41, 5.74) is -0.750. The summed E-state index contributed by atoms with van der Waals surface area (Å²) >= 11 is 6.10. The molecule has 0 spiro atoms. The molecule has 39 heavy (non-hydrogen) atoms. The van der Waals surface area contributed by atoms with E-state index >= 15 is 0 Å². The first kappa shape index (κ1) is 28.5. The highest BCUT2D eigenvalue weighted by Crippen LogP contribution is 2.36. The van der Waals surface area contributed by atoms with Gasteiger partial charge in [0.15, 0.2) is 5.69 Å². The van der Waals surface area contributed by atoms with E-state index in [1.54, 1.807) is 41.1 Å². The quantitative estimate of drug-likeness (QED) is 0.355.